The summed E-state index contributed by atoms with van der Waals surface area (Å²) in [6.45, 7) is 2.38. The zero-order valence-corrected chi connectivity index (χ0v) is 12.0. The molecule has 0 spiro atoms. The maximum absolute atomic E-state index is 12.1. The molecule has 5 heteroatoms. The van der Waals surface area contributed by atoms with Crippen molar-refractivity contribution in [2.24, 2.45) is 11.7 Å². The maximum Gasteiger partial charge on any atom is 0.333 e. The van der Waals surface area contributed by atoms with E-state index in [1.807, 2.05) is 25.1 Å². The SMILES string of the molecule is COC(=O)C(NC(=O)C(C)CCCN)c1ccccc1. The first-order chi connectivity index (χ1) is 9.60. The summed E-state index contributed by atoms with van der Waals surface area (Å²) >= 11 is 0. The van der Waals surface area contributed by atoms with Gasteiger partial charge < -0.3 is 15.8 Å². The Morgan fingerprint density at radius 3 is 2.50 bits per heavy atom. The standard InChI is InChI=1S/C15H22N2O3/c1-11(7-6-10-16)14(18)17-13(15(19)20-2)12-8-4-3-5-9-12/h3-5,8-9,11,13H,6-7,10,16H2,1-2H3,(H,17,18). The smallest absolute Gasteiger partial charge is 0.333 e. The second-order valence-corrected chi connectivity index (χ2v) is 4.71. The summed E-state index contributed by atoms with van der Waals surface area (Å²) in [5, 5.41) is 2.74. The van der Waals surface area contributed by atoms with Gasteiger partial charge in [0.25, 0.3) is 0 Å². The summed E-state index contributed by atoms with van der Waals surface area (Å²) in [6.07, 6.45) is 1.48. The number of methoxy groups -OCH3 is 1. The molecule has 20 heavy (non-hydrogen) atoms. The molecule has 0 heterocycles. The molecule has 0 bridgehead atoms. The van der Waals surface area contributed by atoms with Gasteiger partial charge in [-0.1, -0.05) is 37.3 Å². The largest absolute Gasteiger partial charge is 0.467 e. The molecule has 0 aliphatic heterocycles. The van der Waals surface area contributed by atoms with Gasteiger partial charge in [0.2, 0.25) is 5.91 Å². The first-order valence-electron chi connectivity index (χ1n) is 6.73. The number of hydrogen-bond acceptors (Lipinski definition) is 4. The number of amides is 1. The van der Waals surface area contributed by atoms with Crippen molar-refractivity contribution in [3.8, 4) is 0 Å². The molecule has 0 saturated carbocycles. The number of hydrogen-bond donors (Lipinski definition) is 2. The Balaban J connectivity index is 2.76. The first-order valence-corrected chi connectivity index (χ1v) is 6.73. The van der Waals surface area contributed by atoms with Crippen LogP contribution in [0.25, 0.3) is 0 Å². The van der Waals surface area contributed by atoms with E-state index in [1.165, 1.54) is 7.11 Å². The topological polar surface area (TPSA) is 81.4 Å². The molecule has 1 aromatic carbocycles. The van der Waals surface area contributed by atoms with E-state index in [9.17, 15) is 9.59 Å². The predicted molar refractivity (Wildman–Crippen MR) is 76.8 cm³/mol. The van der Waals surface area contributed by atoms with Crippen LogP contribution in [0.2, 0.25) is 0 Å². The van der Waals surface area contributed by atoms with E-state index in [-0.39, 0.29) is 11.8 Å². The van der Waals surface area contributed by atoms with Gasteiger partial charge in [-0.25, -0.2) is 4.79 Å². The fourth-order valence-electron chi connectivity index (χ4n) is 1.88. The Kier molecular flexibility index (Phi) is 6.73. The highest BCUT2D eigenvalue weighted by molar-refractivity contribution is 5.86. The van der Waals surface area contributed by atoms with Crippen LogP contribution >= 0.6 is 0 Å². The van der Waals surface area contributed by atoms with Gasteiger partial charge in [0.1, 0.15) is 0 Å². The van der Waals surface area contributed by atoms with Crippen LogP contribution in [0.4, 0.5) is 0 Å². The van der Waals surface area contributed by atoms with Gasteiger partial charge in [-0.15, -0.1) is 0 Å². The second kappa shape index (κ2) is 8.32. The number of rotatable bonds is 7. The summed E-state index contributed by atoms with van der Waals surface area (Å²) in [4.78, 5) is 23.9. The van der Waals surface area contributed by atoms with E-state index in [0.717, 1.165) is 6.42 Å². The van der Waals surface area contributed by atoms with Crippen LogP contribution in [0.1, 0.15) is 31.4 Å². The maximum atomic E-state index is 12.1. The highest BCUT2D eigenvalue weighted by atomic mass is 16.5. The molecule has 2 atom stereocenters. The van der Waals surface area contributed by atoms with Gasteiger partial charge in [-0.05, 0) is 24.9 Å². The first kappa shape index (κ1) is 16.2. The Morgan fingerprint density at radius 1 is 1.30 bits per heavy atom. The quantitative estimate of drug-likeness (QED) is 0.739. The van der Waals surface area contributed by atoms with E-state index in [1.54, 1.807) is 12.1 Å². The molecule has 1 aromatic rings. The molecule has 0 aliphatic carbocycles. The third kappa shape index (κ3) is 4.66. The fraction of sp³-hybridized carbons (Fsp3) is 0.467. The van der Waals surface area contributed by atoms with Crippen molar-refractivity contribution in [3.05, 3.63) is 35.9 Å². The summed E-state index contributed by atoms with van der Waals surface area (Å²) in [5.74, 6) is -0.831. The lowest BCUT2D eigenvalue weighted by atomic mass is 10.0. The van der Waals surface area contributed by atoms with Gasteiger partial charge in [-0.2, -0.15) is 0 Å². The van der Waals surface area contributed by atoms with Crippen molar-refractivity contribution >= 4 is 11.9 Å². The molecule has 5 nitrogen and oxygen atoms in total. The van der Waals surface area contributed by atoms with Crippen LogP contribution in [0.15, 0.2) is 30.3 Å². The molecule has 0 radical (unpaired) electrons. The fourth-order valence-corrected chi connectivity index (χ4v) is 1.88. The molecule has 0 saturated heterocycles. The molecule has 3 N–H and O–H groups in total. The van der Waals surface area contributed by atoms with E-state index >= 15 is 0 Å². The van der Waals surface area contributed by atoms with Crippen molar-refractivity contribution < 1.29 is 14.3 Å². The van der Waals surface area contributed by atoms with Crippen molar-refractivity contribution in [2.75, 3.05) is 13.7 Å². The van der Waals surface area contributed by atoms with Gasteiger partial charge in [0, 0.05) is 5.92 Å². The van der Waals surface area contributed by atoms with Gasteiger partial charge in [0.05, 0.1) is 7.11 Å². The number of carbonyl (C=O) groups excluding carboxylic acids is 2. The summed E-state index contributed by atoms with van der Waals surface area (Å²) < 4.78 is 4.75. The number of ether oxygens (including phenoxy) is 1. The molecule has 0 fully saturated rings. The van der Waals surface area contributed by atoms with E-state index in [2.05, 4.69) is 5.32 Å². The van der Waals surface area contributed by atoms with Gasteiger partial charge >= 0.3 is 5.97 Å². The zero-order valence-electron chi connectivity index (χ0n) is 12.0. The lowest BCUT2D eigenvalue weighted by Crippen LogP contribution is -2.37. The van der Waals surface area contributed by atoms with Gasteiger partial charge in [-0.3, -0.25) is 4.79 Å². The van der Waals surface area contributed by atoms with E-state index < -0.39 is 12.0 Å². The third-order valence-electron chi connectivity index (χ3n) is 3.15. The van der Waals surface area contributed by atoms with E-state index in [0.29, 0.717) is 18.5 Å². The molecule has 1 amide bonds. The Bertz CT molecular complexity index is 434. The number of esters is 1. The minimum atomic E-state index is -0.769. The van der Waals surface area contributed by atoms with Crippen LogP contribution < -0.4 is 11.1 Å². The molecule has 0 aliphatic rings. The minimum absolute atomic E-state index is 0.169. The molecule has 2 unspecified atom stereocenters. The van der Waals surface area contributed by atoms with Crippen LogP contribution in [0.3, 0.4) is 0 Å². The van der Waals surface area contributed by atoms with Gasteiger partial charge in [0.15, 0.2) is 6.04 Å². The highest BCUT2D eigenvalue weighted by Crippen LogP contribution is 2.16. The van der Waals surface area contributed by atoms with Crippen molar-refractivity contribution in [3.63, 3.8) is 0 Å². The van der Waals surface area contributed by atoms with Crippen LogP contribution in [0.5, 0.6) is 0 Å². The average Bonchev–Trinajstić information content (AvgIpc) is 2.49. The summed E-state index contributed by atoms with van der Waals surface area (Å²) in [6, 6.07) is 8.28. The van der Waals surface area contributed by atoms with E-state index in [4.69, 9.17) is 10.5 Å². The predicted octanol–water partition coefficient (Wildman–Crippen LogP) is 1.39. The molecule has 110 valence electrons. The van der Waals surface area contributed by atoms with Crippen LogP contribution in [-0.4, -0.2) is 25.5 Å². The number of nitrogens with two attached hydrogens (primary N) is 1. The lowest BCUT2D eigenvalue weighted by Gasteiger charge is -2.19. The molecule has 1 rings (SSSR count). The Hall–Kier alpha value is -1.88. The van der Waals surface area contributed by atoms with Crippen molar-refractivity contribution in [1.29, 1.82) is 0 Å². The number of carbonyl (C=O) groups is 2. The summed E-state index contributed by atoms with van der Waals surface area (Å²) in [7, 11) is 1.31. The van der Waals surface area contributed by atoms with Crippen molar-refractivity contribution in [2.45, 2.75) is 25.8 Å². The zero-order chi connectivity index (χ0) is 15.0. The molecule has 0 aromatic heterocycles. The van der Waals surface area contributed by atoms with Crippen molar-refractivity contribution in [1.82, 2.24) is 5.32 Å². The normalized spacial score (nSPS) is 13.3. The number of nitrogens with one attached hydrogen (secondary N) is 1. The molecular formula is C15H22N2O3. The lowest BCUT2D eigenvalue weighted by molar-refractivity contribution is -0.145. The molecular weight excluding hydrogens is 256 g/mol. The minimum Gasteiger partial charge on any atom is -0.467 e. The average molecular weight is 278 g/mol. The van der Waals surface area contributed by atoms with Crippen LogP contribution in [-0.2, 0) is 14.3 Å². The highest BCUT2D eigenvalue weighted by Gasteiger charge is 2.25. The Morgan fingerprint density at radius 2 is 1.95 bits per heavy atom. The third-order valence-corrected chi connectivity index (χ3v) is 3.15. The Labute approximate surface area is 119 Å². The summed E-state index contributed by atoms with van der Waals surface area (Å²) in [5.41, 5.74) is 6.14. The van der Waals surface area contributed by atoms with Crippen LogP contribution in [0, 0.1) is 5.92 Å². The second-order valence-electron chi connectivity index (χ2n) is 4.71. The monoisotopic (exact) mass is 278 g/mol. The number of benzene rings is 1.